The Hall–Kier alpha value is -1.82. The maximum absolute atomic E-state index is 6.06. The number of nitrogens with one attached hydrogen (secondary N) is 2. The first-order valence-electron chi connectivity index (χ1n) is 9.15. The molecule has 0 bridgehead atoms. The Morgan fingerprint density at radius 1 is 1.35 bits per heavy atom. The van der Waals surface area contributed by atoms with E-state index in [9.17, 15) is 0 Å². The molecule has 2 rings (SSSR count). The van der Waals surface area contributed by atoms with Crippen LogP contribution in [-0.2, 0) is 4.84 Å². The van der Waals surface area contributed by atoms with E-state index >= 15 is 0 Å². The van der Waals surface area contributed by atoms with Crippen molar-refractivity contribution in [3.05, 3.63) is 48.3 Å². The predicted molar refractivity (Wildman–Crippen MR) is 110 cm³/mol. The molecule has 0 aliphatic heterocycles. The molecule has 1 unspecified atom stereocenters. The second kappa shape index (κ2) is 11.0. The average molecular weight is 377 g/mol. The van der Waals surface area contributed by atoms with E-state index in [0.29, 0.717) is 17.7 Å². The van der Waals surface area contributed by atoms with Crippen LogP contribution in [0.1, 0.15) is 26.7 Å². The van der Waals surface area contributed by atoms with Gasteiger partial charge in [0.15, 0.2) is 0 Å². The van der Waals surface area contributed by atoms with Gasteiger partial charge in [0, 0.05) is 41.1 Å². The number of aromatic nitrogens is 1. The minimum atomic E-state index is 0.383. The van der Waals surface area contributed by atoms with Crippen molar-refractivity contribution in [2.24, 2.45) is 0 Å². The Bertz CT molecular complexity index is 695. The molecule has 26 heavy (non-hydrogen) atoms. The van der Waals surface area contributed by atoms with Gasteiger partial charge in [-0.05, 0) is 57.1 Å². The number of nitrogens with zero attached hydrogens (tertiary/aromatic N) is 2. The number of hydrogen-bond acceptors (Lipinski definition) is 5. The zero-order valence-corrected chi connectivity index (χ0v) is 16.4. The molecule has 0 aliphatic carbocycles. The molecule has 0 saturated carbocycles. The lowest BCUT2D eigenvalue weighted by atomic mass is 10.1. The molecule has 1 aromatic carbocycles. The molecular formula is C20H29ClN4O. The van der Waals surface area contributed by atoms with Gasteiger partial charge < -0.3 is 10.2 Å². The number of halogens is 1. The van der Waals surface area contributed by atoms with Crippen molar-refractivity contribution in [3.8, 4) is 0 Å². The molecule has 0 fully saturated rings. The van der Waals surface area contributed by atoms with Gasteiger partial charge in [-0.1, -0.05) is 25.1 Å². The van der Waals surface area contributed by atoms with Crippen molar-refractivity contribution in [1.29, 1.82) is 0 Å². The Labute approximate surface area is 161 Å². The van der Waals surface area contributed by atoms with E-state index in [1.54, 1.807) is 6.20 Å². The number of likely N-dealkylation sites (N-methyl/N-ethyl adjacent to an activating group) is 1. The Morgan fingerprint density at radius 3 is 2.96 bits per heavy atom. The number of hydroxylamine groups is 1. The van der Waals surface area contributed by atoms with Crippen molar-refractivity contribution in [2.45, 2.75) is 32.7 Å². The second-order valence-electron chi connectivity index (χ2n) is 6.31. The van der Waals surface area contributed by atoms with Crippen LogP contribution in [0.5, 0.6) is 0 Å². The molecule has 0 radical (unpaired) electrons. The minimum absolute atomic E-state index is 0.383. The highest BCUT2D eigenvalue weighted by Gasteiger charge is 2.08. The van der Waals surface area contributed by atoms with Crippen LogP contribution in [0.4, 0.5) is 5.69 Å². The number of anilines is 1. The van der Waals surface area contributed by atoms with E-state index in [1.165, 1.54) is 0 Å². The maximum Gasteiger partial charge on any atom is 0.0872 e. The van der Waals surface area contributed by atoms with E-state index < -0.39 is 0 Å². The number of benzene rings is 1. The van der Waals surface area contributed by atoms with Crippen LogP contribution >= 0.6 is 11.6 Å². The zero-order chi connectivity index (χ0) is 18.8. The Balaban J connectivity index is 1.80. The monoisotopic (exact) mass is 376 g/mol. The van der Waals surface area contributed by atoms with Gasteiger partial charge in [0.2, 0.25) is 0 Å². The molecule has 142 valence electrons. The van der Waals surface area contributed by atoms with Gasteiger partial charge in [-0.25, -0.2) is 0 Å². The lowest BCUT2D eigenvalue weighted by Crippen LogP contribution is -2.30. The number of pyridine rings is 1. The normalized spacial score (nSPS) is 12.3. The summed E-state index contributed by atoms with van der Waals surface area (Å²) in [6.45, 7) is 11.6. The summed E-state index contributed by atoms with van der Waals surface area (Å²) in [4.78, 5) is 12.0. The van der Waals surface area contributed by atoms with Crippen molar-refractivity contribution in [3.63, 3.8) is 0 Å². The summed E-state index contributed by atoms with van der Waals surface area (Å²) in [5.41, 5.74) is 4.68. The lowest BCUT2D eigenvalue weighted by molar-refractivity contribution is 0.0527. The topological polar surface area (TPSA) is 49.4 Å². The fourth-order valence-corrected chi connectivity index (χ4v) is 3.09. The molecule has 1 heterocycles. The van der Waals surface area contributed by atoms with Gasteiger partial charge in [0.25, 0.3) is 0 Å². The summed E-state index contributed by atoms with van der Waals surface area (Å²) >= 11 is 6.06. The Morgan fingerprint density at radius 2 is 2.19 bits per heavy atom. The van der Waals surface area contributed by atoms with Crippen molar-refractivity contribution >= 4 is 28.2 Å². The first-order chi connectivity index (χ1) is 12.6. The third-order valence-corrected chi connectivity index (χ3v) is 4.58. The first-order valence-corrected chi connectivity index (χ1v) is 9.53. The van der Waals surface area contributed by atoms with Gasteiger partial charge in [-0.3, -0.25) is 15.3 Å². The highest BCUT2D eigenvalue weighted by Crippen LogP contribution is 2.25. The molecule has 1 atom stereocenters. The van der Waals surface area contributed by atoms with Crippen molar-refractivity contribution in [2.75, 3.05) is 31.6 Å². The van der Waals surface area contributed by atoms with Crippen molar-refractivity contribution < 1.29 is 4.84 Å². The molecule has 0 aliphatic rings. The molecular weight excluding hydrogens is 348 g/mol. The summed E-state index contributed by atoms with van der Waals surface area (Å²) in [6, 6.07) is 8.23. The van der Waals surface area contributed by atoms with E-state index in [2.05, 4.69) is 41.1 Å². The molecule has 1 aromatic heterocycles. The summed E-state index contributed by atoms with van der Waals surface area (Å²) in [5.74, 6) is 0. The number of fused-ring (bicyclic) bond motifs is 1. The fourth-order valence-electron chi connectivity index (χ4n) is 2.93. The molecule has 0 saturated heterocycles. The third-order valence-electron chi connectivity index (χ3n) is 4.34. The molecule has 6 heteroatoms. The van der Waals surface area contributed by atoms with Crippen LogP contribution in [0.3, 0.4) is 0 Å². The van der Waals surface area contributed by atoms with Gasteiger partial charge in [0.05, 0.1) is 12.1 Å². The number of hydrogen-bond donors (Lipinski definition) is 2. The smallest absolute Gasteiger partial charge is 0.0872 e. The summed E-state index contributed by atoms with van der Waals surface area (Å²) < 4.78 is 0. The molecule has 5 nitrogen and oxygen atoms in total. The Kier molecular flexibility index (Phi) is 8.68. The quantitative estimate of drug-likeness (QED) is 0.423. The maximum atomic E-state index is 6.06. The van der Waals surface area contributed by atoms with Gasteiger partial charge >= 0.3 is 0 Å². The summed E-state index contributed by atoms with van der Waals surface area (Å²) in [5, 5.41) is 5.42. The van der Waals surface area contributed by atoms with Crippen LogP contribution in [-0.4, -0.2) is 42.2 Å². The average Bonchev–Trinajstić information content (AvgIpc) is 2.63. The fraction of sp³-hybridized carbons (Fsp3) is 0.450. The van der Waals surface area contributed by atoms with Crippen LogP contribution in [0.2, 0.25) is 5.02 Å². The third kappa shape index (κ3) is 6.48. The lowest BCUT2D eigenvalue weighted by Gasteiger charge is -2.22. The van der Waals surface area contributed by atoms with Crippen LogP contribution < -0.4 is 10.8 Å². The SMILES string of the molecule is C=CNOCCN(CC)CCCC(C)Nc1ccnc2cc(Cl)ccc12. The molecule has 0 amide bonds. The van der Waals surface area contributed by atoms with E-state index in [4.69, 9.17) is 16.4 Å². The van der Waals surface area contributed by atoms with Gasteiger partial charge in [-0.2, -0.15) is 0 Å². The van der Waals surface area contributed by atoms with E-state index in [1.807, 2.05) is 30.5 Å². The van der Waals surface area contributed by atoms with Gasteiger partial charge in [-0.15, -0.1) is 0 Å². The predicted octanol–water partition coefficient (Wildman–Crippen LogP) is 4.46. The highest BCUT2D eigenvalue weighted by molar-refractivity contribution is 6.31. The van der Waals surface area contributed by atoms with Gasteiger partial charge in [0.1, 0.15) is 0 Å². The van der Waals surface area contributed by atoms with Crippen molar-refractivity contribution in [1.82, 2.24) is 15.4 Å². The second-order valence-corrected chi connectivity index (χ2v) is 6.75. The van der Waals surface area contributed by atoms with Crippen LogP contribution in [0.25, 0.3) is 10.9 Å². The minimum Gasteiger partial charge on any atom is -0.382 e. The number of rotatable bonds is 12. The van der Waals surface area contributed by atoms with E-state index in [-0.39, 0.29) is 0 Å². The van der Waals surface area contributed by atoms with E-state index in [0.717, 1.165) is 49.1 Å². The standard InChI is InChI=1S/C20H29ClN4O/c1-4-23-26-14-13-25(5-2)12-6-7-16(3)24-19-10-11-22-20-15-17(21)8-9-18(19)20/h4,8-11,15-16,23H,1,5-7,12-14H2,2-3H3,(H,22,24). The first kappa shape index (κ1) is 20.5. The largest absolute Gasteiger partial charge is 0.382 e. The molecule has 0 spiro atoms. The highest BCUT2D eigenvalue weighted by atomic mass is 35.5. The summed E-state index contributed by atoms with van der Waals surface area (Å²) in [6.07, 6.45) is 5.59. The summed E-state index contributed by atoms with van der Waals surface area (Å²) in [7, 11) is 0. The zero-order valence-electron chi connectivity index (χ0n) is 15.7. The van der Waals surface area contributed by atoms with Crippen LogP contribution in [0, 0.1) is 0 Å². The molecule has 2 aromatic rings. The van der Waals surface area contributed by atoms with Crippen LogP contribution in [0.15, 0.2) is 43.2 Å². The molecule has 2 N–H and O–H groups in total.